The maximum atomic E-state index is 10.3. The average Bonchev–Trinajstić information content (AvgIpc) is 2.39. The van der Waals surface area contributed by atoms with Gasteiger partial charge in [0.25, 0.3) is 0 Å². The minimum Gasteiger partial charge on any atom is -0.480 e. The van der Waals surface area contributed by atoms with E-state index in [1.54, 1.807) is 6.21 Å². The molecule has 4 nitrogen and oxygen atoms in total. The Hall–Kier alpha value is -0.810. The monoisotopic (exact) mass is 188 g/mol. The molecule has 1 heterocycles. The number of nitrogens with two attached hydrogens (primary N) is 1. The Labute approximate surface area is 77.6 Å². The Morgan fingerprint density at radius 2 is 2.50 bits per heavy atom. The quantitative estimate of drug-likeness (QED) is 0.667. The van der Waals surface area contributed by atoms with Gasteiger partial charge in [-0.15, -0.1) is 0 Å². The van der Waals surface area contributed by atoms with Gasteiger partial charge in [-0.3, -0.25) is 9.79 Å². The Bertz CT molecular complexity index is 225. The van der Waals surface area contributed by atoms with Crippen LogP contribution in [0, 0.1) is 0 Å². The van der Waals surface area contributed by atoms with E-state index in [2.05, 4.69) is 4.99 Å². The molecule has 0 bridgehead atoms. The molecule has 5 heteroatoms. The van der Waals surface area contributed by atoms with E-state index < -0.39 is 12.0 Å². The standard InChI is InChI=1S/C7H10N2O2.H2S/c8-6(7(10)11)4-5-2-1-3-9-5;/h2-3,6H,1,4,8H2,(H,10,11);1H2/t6-;/m0./s1. The lowest BCUT2D eigenvalue weighted by Crippen LogP contribution is -2.30. The lowest BCUT2D eigenvalue weighted by atomic mass is 10.2. The molecular weight excluding hydrogens is 176 g/mol. The van der Waals surface area contributed by atoms with Gasteiger partial charge < -0.3 is 10.8 Å². The van der Waals surface area contributed by atoms with Crippen molar-refractivity contribution in [3.8, 4) is 0 Å². The number of carboxylic acid groups (broad SMARTS) is 1. The summed E-state index contributed by atoms with van der Waals surface area (Å²) in [5.41, 5.74) is 6.06. The molecule has 0 radical (unpaired) electrons. The minimum absolute atomic E-state index is 0. The van der Waals surface area contributed by atoms with Gasteiger partial charge in [0.15, 0.2) is 0 Å². The molecule has 3 N–H and O–H groups in total. The number of aliphatic imine (C=N–C) groups is 1. The number of hydrogen-bond donors (Lipinski definition) is 2. The van der Waals surface area contributed by atoms with Crippen LogP contribution in [0.1, 0.15) is 12.8 Å². The van der Waals surface area contributed by atoms with Crippen molar-refractivity contribution in [2.45, 2.75) is 18.9 Å². The summed E-state index contributed by atoms with van der Waals surface area (Å²) in [5, 5.41) is 8.44. The second-order valence-corrected chi connectivity index (χ2v) is 2.39. The molecule has 0 amide bonds. The van der Waals surface area contributed by atoms with E-state index in [-0.39, 0.29) is 13.5 Å². The molecule has 0 spiro atoms. The van der Waals surface area contributed by atoms with E-state index in [0.29, 0.717) is 6.42 Å². The van der Waals surface area contributed by atoms with Crippen LogP contribution in [0.5, 0.6) is 0 Å². The molecule has 0 unspecified atom stereocenters. The average molecular weight is 188 g/mol. The van der Waals surface area contributed by atoms with E-state index in [9.17, 15) is 4.79 Å². The molecule has 12 heavy (non-hydrogen) atoms. The SMILES string of the molecule is N[C@@H](CC1=CCC=N1)C(=O)O.S. The summed E-state index contributed by atoms with van der Waals surface area (Å²) in [6, 6.07) is -0.823. The maximum absolute atomic E-state index is 10.3. The molecular formula is C7H12N2O2S. The third kappa shape index (κ3) is 3.06. The smallest absolute Gasteiger partial charge is 0.320 e. The largest absolute Gasteiger partial charge is 0.480 e. The zero-order valence-corrected chi connectivity index (χ0v) is 7.53. The van der Waals surface area contributed by atoms with Gasteiger partial charge in [-0.25, -0.2) is 0 Å². The fourth-order valence-electron chi connectivity index (χ4n) is 0.860. The molecule has 1 aliphatic heterocycles. The predicted octanol–water partition coefficient (Wildman–Crippen LogP) is 0.260. The zero-order valence-electron chi connectivity index (χ0n) is 6.53. The first-order chi connectivity index (χ1) is 5.20. The van der Waals surface area contributed by atoms with Crippen molar-refractivity contribution in [1.82, 2.24) is 0 Å². The highest BCUT2D eigenvalue weighted by atomic mass is 32.1. The Kier molecular flexibility index (Phi) is 4.61. The normalized spacial score (nSPS) is 16.6. The van der Waals surface area contributed by atoms with Crippen LogP contribution in [0.2, 0.25) is 0 Å². The van der Waals surface area contributed by atoms with Gasteiger partial charge in [0.05, 0.1) is 0 Å². The van der Waals surface area contributed by atoms with Gasteiger partial charge in [0, 0.05) is 24.8 Å². The summed E-state index contributed by atoms with van der Waals surface area (Å²) >= 11 is 0. The maximum Gasteiger partial charge on any atom is 0.320 e. The van der Waals surface area contributed by atoms with Crippen LogP contribution in [-0.4, -0.2) is 23.3 Å². The van der Waals surface area contributed by atoms with E-state index >= 15 is 0 Å². The number of aliphatic carboxylic acids is 1. The fourth-order valence-corrected chi connectivity index (χ4v) is 0.860. The summed E-state index contributed by atoms with van der Waals surface area (Å²) in [6.45, 7) is 0. The highest BCUT2D eigenvalue weighted by molar-refractivity contribution is 7.59. The van der Waals surface area contributed by atoms with Crippen molar-refractivity contribution in [3.05, 3.63) is 11.8 Å². The minimum atomic E-state index is -0.979. The Morgan fingerprint density at radius 3 is 2.92 bits per heavy atom. The van der Waals surface area contributed by atoms with Crippen LogP contribution < -0.4 is 5.73 Å². The summed E-state index contributed by atoms with van der Waals surface area (Å²) < 4.78 is 0. The molecule has 0 aromatic carbocycles. The third-order valence-corrected chi connectivity index (χ3v) is 1.46. The van der Waals surface area contributed by atoms with E-state index in [1.807, 2.05) is 6.08 Å². The van der Waals surface area contributed by atoms with Crippen LogP contribution >= 0.6 is 13.5 Å². The van der Waals surface area contributed by atoms with Crippen molar-refractivity contribution in [3.63, 3.8) is 0 Å². The summed E-state index contributed by atoms with van der Waals surface area (Å²) in [5.74, 6) is -0.979. The third-order valence-electron chi connectivity index (χ3n) is 1.46. The second-order valence-electron chi connectivity index (χ2n) is 2.39. The second kappa shape index (κ2) is 4.95. The lowest BCUT2D eigenvalue weighted by molar-refractivity contribution is -0.138. The van der Waals surface area contributed by atoms with Gasteiger partial charge in [0.1, 0.15) is 6.04 Å². The van der Waals surface area contributed by atoms with Crippen molar-refractivity contribution in [2.24, 2.45) is 10.7 Å². The number of carboxylic acids is 1. The molecule has 0 aromatic heterocycles. The molecule has 0 aliphatic carbocycles. The van der Waals surface area contributed by atoms with Gasteiger partial charge in [-0.1, -0.05) is 6.08 Å². The first-order valence-electron chi connectivity index (χ1n) is 3.40. The predicted molar refractivity (Wildman–Crippen MR) is 51.8 cm³/mol. The van der Waals surface area contributed by atoms with E-state index in [0.717, 1.165) is 12.1 Å². The number of nitrogens with zero attached hydrogens (tertiary/aromatic N) is 1. The van der Waals surface area contributed by atoms with Crippen molar-refractivity contribution in [1.29, 1.82) is 0 Å². The highest BCUT2D eigenvalue weighted by Crippen LogP contribution is 2.10. The van der Waals surface area contributed by atoms with Gasteiger partial charge in [-0.05, 0) is 0 Å². The lowest BCUT2D eigenvalue weighted by Gasteiger charge is -2.03. The topological polar surface area (TPSA) is 75.7 Å². The summed E-state index contributed by atoms with van der Waals surface area (Å²) in [6.07, 6.45) is 4.74. The van der Waals surface area contributed by atoms with Gasteiger partial charge in [0.2, 0.25) is 0 Å². The van der Waals surface area contributed by atoms with E-state index in [1.165, 1.54) is 0 Å². The summed E-state index contributed by atoms with van der Waals surface area (Å²) in [7, 11) is 0. The van der Waals surface area contributed by atoms with Crippen LogP contribution in [0.15, 0.2) is 16.8 Å². The first-order valence-corrected chi connectivity index (χ1v) is 3.40. The van der Waals surface area contributed by atoms with Crippen molar-refractivity contribution in [2.75, 3.05) is 0 Å². The zero-order chi connectivity index (χ0) is 8.27. The van der Waals surface area contributed by atoms with Gasteiger partial charge >= 0.3 is 5.97 Å². The molecule has 1 atom stereocenters. The Balaban J connectivity index is 0.00000121. The molecule has 1 aliphatic rings. The molecule has 68 valence electrons. The van der Waals surface area contributed by atoms with Crippen molar-refractivity contribution >= 4 is 25.7 Å². The number of allylic oxidation sites excluding steroid dienone is 1. The number of carbonyl (C=O) groups is 1. The van der Waals surface area contributed by atoms with Crippen LogP contribution in [0.25, 0.3) is 0 Å². The number of rotatable bonds is 3. The van der Waals surface area contributed by atoms with Crippen molar-refractivity contribution < 1.29 is 9.90 Å². The van der Waals surface area contributed by atoms with Crippen LogP contribution in [0.4, 0.5) is 0 Å². The van der Waals surface area contributed by atoms with Gasteiger partial charge in [-0.2, -0.15) is 13.5 Å². The number of hydrogen-bond acceptors (Lipinski definition) is 3. The molecule has 0 fully saturated rings. The molecule has 1 rings (SSSR count). The Morgan fingerprint density at radius 1 is 1.83 bits per heavy atom. The highest BCUT2D eigenvalue weighted by Gasteiger charge is 2.13. The van der Waals surface area contributed by atoms with Crippen LogP contribution in [-0.2, 0) is 4.79 Å². The van der Waals surface area contributed by atoms with Crippen LogP contribution in [0.3, 0.4) is 0 Å². The summed E-state index contributed by atoms with van der Waals surface area (Å²) in [4.78, 5) is 14.2. The fraction of sp³-hybridized carbons (Fsp3) is 0.429. The van der Waals surface area contributed by atoms with E-state index in [4.69, 9.17) is 10.8 Å². The first kappa shape index (κ1) is 11.2. The molecule has 0 saturated heterocycles. The molecule has 0 saturated carbocycles. The molecule has 0 aromatic rings.